The average molecular weight is 472 g/mol. The van der Waals surface area contributed by atoms with Crippen LogP contribution in [0.4, 0.5) is 0 Å². The summed E-state index contributed by atoms with van der Waals surface area (Å²) in [4.78, 5) is 28.0. The van der Waals surface area contributed by atoms with Gasteiger partial charge in [0.05, 0.1) is 24.8 Å². The molecule has 35 heavy (non-hydrogen) atoms. The number of carbonyl (C=O) groups is 2. The van der Waals surface area contributed by atoms with Crippen molar-refractivity contribution < 1.29 is 24.2 Å². The lowest BCUT2D eigenvalue weighted by atomic mass is 9.95. The zero-order valence-corrected chi connectivity index (χ0v) is 19.9. The molecule has 6 heteroatoms. The Morgan fingerprint density at radius 2 is 1.63 bits per heavy atom. The second kappa shape index (κ2) is 10.9. The summed E-state index contributed by atoms with van der Waals surface area (Å²) in [5.41, 5.74) is 2.08. The predicted molar refractivity (Wildman–Crippen MR) is 134 cm³/mol. The van der Waals surface area contributed by atoms with E-state index in [4.69, 9.17) is 9.47 Å². The first-order valence-corrected chi connectivity index (χ1v) is 11.8. The number of hydrogen-bond donors (Lipinski definition) is 1. The third-order valence-corrected chi connectivity index (χ3v) is 5.82. The van der Waals surface area contributed by atoms with Gasteiger partial charge in [-0.3, -0.25) is 9.59 Å². The largest absolute Gasteiger partial charge is 0.507 e. The minimum atomic E-state index is -0.744. The number of benzene rings is 3. The summed E-state index contributed by atoms with van der Waals surface area (Å²) in [5, 5.41) is 11.3. The summed E-state index contributed by atoms with van der Waals surface area (Å²) >= 11 is 0. The Balaban J connectivity index is 1.80. The van der Waals surface area contributed by atoms with Gasteiger partial charge in [0.2, 0.25) is 0 Å². The van der Waals surface area contributed by atoms with Gasteiger partial charge in [0, 0.05) is 12.1 Å². The van der Waals surface area contributed by atoms with E-state index in [1.165, 1.54) is 4.90 Å². The van der Waals surface area contributed by atoms with Crippen molar-refractivity contribution in [3.05, 3.63) is 101 Å². The highest BCUT2D eigenvalue weighted by Crippen LogP contribution is 2.41. The maximum absolute atomic E-state index is 13.3. The van der Waals surface area contributed by atoms with E-state index in [0.29, 0.717) is 35.8 Å². The summed E-state index contributed by atoms with van der Waals surface area (Å²) in [7, 11) is 0. The molecule has 0 aliphatic carbocycles. The van der Waals surface area contributed by atoms with E-state index in [9.17, 15) is 14.7 Å². The number of ketones is 1. The molecule has 1 N–H and O–H groups in total. The van der Waals surface area contributed by atoms with Gasteiger partial charge in [-0.25, -0.2) is 0 Å². The van der Waals surface area contributed by atoms with E-state index in [0.717, 1.165) is 12.0 Å². The first kappa shape index (κ1) is 24.1. The number of rotatable bonds is 9. The molecular weight excluding hydrogens is 442 g/mol. The van der Waals surface area contributed by atoms with Gasteiger partial charge in [-0.2, -0.15) is 0 Å². The predicted octanol–water partition coefficient (Wildman–Crippen LogP) is 5.50. The number of aliphatic hydroxyl groups is 1. The van der Waals surface area contributed by atoms with Gasteiger partial charge in [-0.1, -0.05) is 61.5 Å². The van der Waals surface area contributed by atoms with Crippen molar-refractivity contribution in [3.8, 4) is 11.5 Å². The highest BCUT2D eigenvalue weighted by molar-refractivity contribution is 6.46. The molecular formula is C29H29NO5. The Bertz CT molecular complexity index is 1220. The van der Waals surface area contributed by atoms with Crippen LogP contribution >= 0.6 is 0 Å². The number of ether oxygens (including phenoxy) is 2. The number of carbonyl (C=O) groups excluding carboxylic acids is 2. The molecule has 180 valence electrons. The van der Waals surface area contributed by atoms with Crippen molar-refractivity contribution in [2.24, 2.45) is 0 Å². The van der Waals surface area contributed by atoms with Crippen molar-refractivity contribution in [2.45, 2.75) is 32.9 Å². The number of hydrogen-bond acceptors (Lipinski definition) is 5. The normalized spacial score (nSPS) is 17.0. The highest BCUT2D eigenvalue weighted by Gasteiger charge is 2.46. The van der Waals surface area contributed by atoms with Crippen LogP contribution < -0.4 is 9.47 Å². The standard InChI is InChI=1S/C29H29NO5/c1-3-17-35-24-12-8-11-22(18-24)27(31)25-26(21-13-15-23(16-14-21)34-4-2)30(29(33)28(25)32)19-20-9-6-5-7-10-20/h5-16,18,26,31H,3-4,17,19H2,1-2H3. The fraction of sp³-hybridized carbons (Fsp3) is 0.241. The number of amides is 1. The van der Waals surface area contributed by atoms with Crippen molar-refractivity contribution in [1.82, 2.24) is 4.90 Å². The molecule has 1 aliphatic heterocycles. The van der Waals surface area contributed by atoms with Gasteiger partial charge in [-0.05, 0) is 48.7 Å². The van der Waals surface area contributed by atoms with Crippen LogP contribution in [0, 0.1) is 0 Å². The number of aliphatic hydroxyl groups excluding tert-OH is 1. The molecule has 4 rings (SSSR count). The summed E-state index contributed by atoms with van der Waals surface area (Å²) in [5.74, 6) is -0.298. The molecule has 0 spiro atoms. The van der Waals surface area contributed by atoms with Crippen LogP contribution in [-0.2, 0) is 16.1 Å². The molecule has 1 aliphatic rings. The highest BCUT2D eigenvalue weighted by atomic mass is 16.5. The van der Waals surface area contributed by atoms with E-state index in [1.807, 2.05) is 56.3 Å². The van der Waals surface area contributed by atoms with Gasteiger partial charge in [0.1, 0.15) is 17.3 Å². The third kappa shape index (κ3) is 5.22. The van der Waals surface area contributed by atoms with Crippen LogP contribution in [0.25, 0.3) is 5.76 Å². The lowest BCUT2D eigenvalue weighted by Crippen LogP contribution is -2.29. The molecule has 1 heterocycles. The average Bonchev–Trinajstić information content (AvgIpc) is 3.13. The zero-order chi connectivity index (χ0) is 24.8. The molecule has 0 radical (unpaired) electrons. The Kier molecular flexibility index (Phi) is 7.51. The van der Waals surface area contributed by atoms with E-state index < -0.39 is 17.7 Å². The molecule has 3 aromatic rings. The van der Waals surface area contributed by atoms with Crippen LogP contribution in [0.5, 0.6) is 11.5 Å². The second-order valence-electron chi connectivity index (χ2n) is 8.29. The Hall–Kier alpha value is -4.06. The smallest absolute Gasteiger partial charge is 0.295 e. The third-order valence-electron chi connectivity index (χ3n) is 5.82. The molecule has 1 fully saturated rings. The lowest BCUT2D eigenvalue weighted by molar-refractivity contribution is -0.140. The molecule has 0 saturated carbocycles. The maximum atomic E-state index is 13.3. The summed E-state index contributed by atoms with van der Waals surface area (Å²) < 4.78 is 11.2. The number of Topliss-reactive ketones (excluding diaryl/α,β-unsaturated/α-hetero) is 1. The van der Waals surface area contributed by atoms with Crippen molar-refractivity contribution in [2.75, 3.05) is 13.2 Å². The molecule has 1 atom stereocenters. The van der Waals surface area contributed by atoms with Crippen molar-refractivity contribution >= 4 is 17.4 Å². The quantitative estimate of drug-likeness (QED) is 0.254. The van der Waals surface area contributed by atoms with Crippen molar-refractivity contribution in [1.29, 1.82) is 0 Å². The summed E-state index contributed by atoms with van der Waals surface area (Å²) in [6.45, 7) is 5.22. The molecule has 3 aromatic carbocycles. The van der Waals surface area contributed by atoms with Crippen LogP contribution in [0.15, 0.2) is 84.4 Å². The molecule has 1 saturated heterocycles. The first-order valence-electron chi connectivity index (χ1n) is 11.8. The Labute approximate surface area is 205 Å². The Morgan fingerprint density at radius 1 is 0.886 bits per heavy atom. The fourth-order valence-corrected chi connectivity index (χ4v) is 4.19. The van der Waals surface area contributed by atoms with Gasteiger partial charge in [0.15, 0.2) is 0 Å². The van der Waals surface area contributed by atoms with Gasteiger partial charge in [-0.15, -0.1) is 0 Å². The molecule has 0 aromatic heterocycles. The van der Waals surface area contributed by atoms with Crippen LogP contribution in [0.1, 0.15) is 43.0 Å². The maximum Gasteiger partial charge on any atom is 0.295 e. The SMILES string of the molecule is CCCOc1cccc(C(O)=C2C(=O)C(=O)N(Cc3ccccc3)C2c2ccc(OCC)cc2)c1. The summed E-state index contributed by atoms with van der Waals surface area (Å²) in [6.07, 6.45) is 0.846. The topological polar surface area (TPSA) is 76.1 Å². The minimum Gasteiger partial charge on any atom is -0.507 e. The van der Waals surface area contributed by atoms with E-state index in [1.54, 1.807) is 36.4 Å². The summed E-state index contributed by atoms with van der Waals surface area (Å²) in [6, 6.07) is 22.9. The van der Waals surface area contributed by atoms with Gasteiger partial charge in [0.25, 0.3) is 11.7 Å². The second-order valence-corrected chi connectivity index (χ2v) is 8.29. The van der Waals surface area contributed by atoms with Gasteiger partial charge >= 0.3 is 0 Å². The molecule has 6 nitrogen and oxygen atoms in total. The van der Waals surface area contributed by atoms with Gasteiger partial charge < -0.3 is 19.5 Å². The lowest BCUT2D eigenvalue weighted by Gasteiger charge is -2.25. The molecule has 1 amide bonds. The van der Waals surface area contributed by atoms with E-state index >= 15 is 0 Å². The van der Waals surface area contributed by atoms with Crippen LogP contribution in [0.2, 0.25) is 0 Å². The van der Waals surface area contributed by atoms with E-state index in [-0.39, 0.29) is 17.9 Å². The number of nitrogens with zero attached hydrogens (tertiary/aromatic N) is 1. The minimum absolute atomic E-state index is 0.0581. The van der Waals surface area contributed by atoms with Crippen molar-refractivity contribution in [3.63, 3.8) is 0 Å². The molecule has 0 bridgehead atoms. The monoisotopic (exact) mass is 471 g/mol. The van der Waals surface area contributed by atoms with E-state index in [2.05, 4.69) is 0 Å². The number of likely N-dealkylation sites (tertiary alicyclic amines) is 1. The zero-order valence-electron chi connectivity index (χ0n) is 19.9. The van der Waals surface area contributed by atoms with Crippen LogP contribution in [0.3, 0.4) is 0 Å². The Morgan fingerprint density at radius 3 is 2.31 bits per heavy atom. The molecule has 1 unspecified atom stereocenters. The fourth-order valence-electron chi connectivity index (χ4n) is 4.19. The van der Waals surface area contributed by atoms with Crippen LogP contribution in [-0.4, -0.2) is 34.9 Å². The first-order chi connectivity index (χ1) is 17.0.